The highest BCUT2D eigenvalue weighted by Gasteiger charge is 2.27. The van der Waals surface area contributed by atoms with Crippen molar-refractivity contribution in [2.45, 2.75) is 0 Å². The van der Waals surface area contributed by atoms with Crippen LogP contribution in [0.4, 0.5) is 5.82 Å². The number of pyridine rings is 2. The second-order valence-electron chi connectivity index (χ2n) is 7.33. The first-order chi connectivity index (χ1) is 14.3. The first-order valence-corrected chi connectivity index (χ1v) is 9.56. The Morgan fingerprint density at radius 2 is 1.63 bits per heavy atom. The molecule has 3 aromatic rings. The second kappa shape index (κ2) is 7.29. The number of anilines is 1. The summed E-state index contributed by atoms with van der Waals surface area (Å²) < 4.78 is 3.38. The van der Waals surface area contributed by atoms with Gasteiger partial charge in [-0.1, -0.05) is 6.07 Å². The Bertz CT molecular complexity index is 1310. The minimum absolute atomic E-state index is 0.0237. The molecule has 0 N–H and O–H groups in total. The molecule has 4 rings (SSSR count). The quantitative estimate of drug-likeness (QED) is 0.553. The van der Waals surface area contributed by atoms with Gasteiger partial charge in [0.2, 0.25) is 0 Å². The molecule has 0 bridgehead atoms. The molecule has 3 aromatic heterocycles. The second-order valence-corrected chi connectivity index (χ2v) is 7.33. The molecule has 10 nitrogen and oxygen atoms in total. The molecule has 0 unspecified atom stereocenters. The Balaban J connectivity index is 1.75. The third-order valence-electron chi connectivity index (χ3n) is 5.59. The molecule has 10 heteroatoms. The van der Waals surface area contributed by atoms with Crippen LogP contribution in [0.25, 0.3) is 11.0 Å². The summed E-state index contributed by atoms with van der Waals surface area (Å²) in [7, 11) is 4.31. The van der Waals surface area contributed by atoms with E-state index < -0.39 is 22.7 Å². The highest BCUT2D eigenvalue weighted by molar-refractivity contribution is 6.05. The van der Waals surface area contributed by atoms with E-state index >= 15 is 0 Å². The Hall–Kier alpha value is -3.69. The normalized spacial score (nSPS) is 14.4. The Labute approximate surface area is 171 Å². The van der Waals surface area contributed by atoms with Gasteiger partial charge in [0.05, 0.1) is 10.9 Å². The molecular weight excluding hydrogens is 388 g/mol. The number of aryl methyl sites for hydroxylation is 2. The summed E-state index contributed by atoms with van der Waals surface area (Å²) in [6, 6.07) is 6.85. The number of carbonyl (C=O) groups excluding carboxylic acids is 1. The van der Waals surface area contributed by atoms with Gasteiger partial charge >= 0.3 is 5.69 Å². The fourth-order valence-corrected chi connectivity index (χ4v) is 3.88. The van der Waals surface area contributed by atoms with Gasteiger partial charge in [-0.2, -0.15) is 0 Å². The van der Waals surface area contributed by atoms with Crippen LogP contribution in [-0.4, -0.2) is 55.7 Å². The van der Waals surface area contributed by atoms with Crippen LogP contribution in [-0.2, 0) is 21.1 Å². The first kappa shape index (κ1) is 19.6. The summed E-state index contributed by atoms with van der Waals surface area (Å²) in [5.74, 6) is 0.446. The van der Waals surface area contributed by atoms with Gasteiger partial charge in [-0.05, 0) is 12.1 Å². The number of hydrogen-bond donors (Lipinski definition) is 0. The van der Waals surface area contributed by atoms with Crippen LogP contribution < -0.4 is 21.7 Å². The van der Waals surface area contributed by atoms with E-state index in [1.165, 1.54) is 36.3 Å². The Morgan fingerprint density at radius 1 is 0.933 bits per heavy atom. The zero-order valence-electron chi connectivity index (χ0n) is 17.0. The van der Waals surface area contributed by atoms with E-state index in [9.17, 15) is 19.2 Å². The van der Waals surface area contributed by atoms with E-state index in [0.29, 0.717) is 26.2 Å². The van der Waals surface area contributed by atoms with Crippen LogP contribution in [0, 0.1) is 0 Å². The first-order valence-electron chi connectivity index (χ1n) is 9.56. The van der Waals surface area contributed by atoms with Gasteiger partial charge in [-0.25, -0.2) is 9.78 Å². The summed E-state index contributed by atoms with van der Waals surface area (Å²) in [6.07, 6.45) is 1.72. The Morgan fingerprint density at radius 3 is 2.27 bits per heavy atom. The predicted molar refractivity (Wildman–Crippen MR) is 112 cm³/mol. The molecule has 0 radical (unpaired) electrons. The lowest BCUT2D eigenvalue weighted by atomic mass is 10.1. The van der Waals surface area contributed by atoms with Crippen LogP contribution in [0.5, 0.6) is 0 Å². The van der Waals surface area contributed by atoms with E-state index in [0.717, 1.165) is 10.4 Å². The van der Waals surface area contributed by atoms with Gasteiger partial charge in [0.15, 0.2) is 0 Å². The zero-order valence-corrected chi connectivity index (χ0v) is 17.0. The van der Waals surface area contributed by atoms with Gasteiger partial charge in [0, 0.05) is 59.6 Å². The van der Waals surface area contributed by atoms with Crippen LogP contribution in [0.15, 0.2) is 44.8 Å². The highest BCUT2D eigenvalue weighted by atomic mass is 16.2. The molecule has 1 amide bonds. The largest absolute Gasteiger partial charge is 0.353 e. The maximum absolute atomic E-state index is 13.3. The SMILES string of the molecule is Cn1c(=O)c2c(C(=O)N3CCN(c4ccccn4)CC3)cc(=O)n(C)c2n(C)c1=O. The fraction of sp³-hybridized carbons (Fsp3) is 0.350. The average Bonchev–Trinajstić information content (AvgIpc) is 2.78. The number of nitrogens with zero attached hydrogens (tertiary/aromatic N) is 6. The Kier molecular flexibility index (Phi) is 4.76. The van der Waals surface area contributed by atoms with Crippen molar-refractivity contribution in [2.24, 2.45) is 21.1 Å². The maximum atomic E-state index is 13.3. The molecule has 0 aliphatic carbocycles. The number of rotatable bonds is 2. The summed E-state index contributed by atoms with van der Waals surface area (Å²) in [4.78, 5) is 59.0. The zero-order chi connectivity index (χ0) is 21.6. The van der Waals surface area contributed by atoms with Crippen LogP contribution in [0.1, 0.15) is 10.4 Å². The summed E-state index contributed by atoms with van der Waals surface area (Å²) in [5.41, 5.74) is -1.46. The number of fused-ring (bicyclic) bond motifs is 1. The molecule has 1 fully saturated rings. The molecule has 0 spiro atoms. The number of carbonyl (C=O) groups is 1. The van der Waals surface area contributed by atoms with Crippen molar-refractivity contribution in [3.05, 3.63) is 67.2 Å². The van der Waals surface area contributed by atoms with Crippen molar-refractivity contribution in [1.82, 2.24) is 23.6 Å². The topological polar surface area (TPSA) is 102 Å². The predicted octanol–water partition coefficient (Wildman–Crippen LogP) is -0.707. The molecule has 30 heavy (non-hydrogen) atoms. The smallest absolute Gasteiger partial charge is 0.332 e. The molecule has 0 aromatic carbocycles. The van der Waals surface area contributed by atoms with Crippen molar-refractivity contribution in [3.63, 3.8) is 0 Å². The van der Waals surface area contributed by atoms with Crippen LogP contribution in [0.3, 0.4) is 0 Å². The minimum Gasteiger partial charge on any atom is -0.353 e. The fourth-order valence-electron chi connectivity index (χ4n) is 3.88. The molecule has 4 heterocycles. The van der Waals surface area contributed by atoms with Gasteiger partial charge in [-0.3, -0.25) is 28.1 Å². The van der Waals surface area contributed by atoms with Crippen LogP contribution in [0.2, 0.25) is 0 Å². The number of aromatic nitrogens is 4. The summed E-state index contributed by atoms with van der Waals surface area (Å²) in [5, 5.41) is 0.0684. The van der Waals surface area contributed by atoms with Gasteiger partial charge in [0.1, 0.15) is 11.5 Å². The minimum atomic E-state index is -0.598. The van der Waals surface area contributed by atoms with E-state index in [-0.39, 0.29) is 16.6 Å². The lowest BCUT2D eigenvalue weighted by Gasteiger charge is -2.35. The monoisotopic (exact) mass is 410 g/mol. The molecule has 1 aliphatic rings. The molecule has 0 saturated carbocycles. The molecule has 1 aliphatic heterocycles. The number of piperazine rings is 1. The average molecular weight is 410 g/mol. The number of hydrogen-bond acceptors (Lipinski definition) is 6. The van der Waals surface area contributed by atoms with Crippen molar-refractivity contribution < 1.29 is 4.79 Å². The summed E-state index contributed by atoms with van der Waals surface area (Å²) >= 11 is 0. The summed E-state index contributed by atoms with van der Waals surface area (Å²) in [6.45, 7) is 2.03. The standard InChI is InChI=1S/C20H22N6O4/c1-22-15(27)12-13(16-17(22)23(2)20(30)24(3)19(16)29)18(28)26-10-8-25(9-11-26)14-6-4-5-7-21-14/h4-7,12H,8-11H2,1-3H3. The van der Waals surface area contributed by atoms with E-state index in [2.05, 4.69) is 9.88 Å². The molecule has 156 valence electrons. The van der Waals surface area contributed by atoms with Gasteiger partial charge in [0.25, 0.3) is 17.0 Å². The van der Waals surface area contributed by atoms with E-state index in [1.54, 1.807) is 11.1 Å². The molecular formula is C20H22N6O4. The van der Waals surface area contributed by atoms with Gasteiger partial charge in [-0.15, -0.1) is 0 Å². The maximum Gasteiger partial charge on any atom is 0.332 e. The molecule has 1 saturated heterocycles. The van der Waals surface area contributed by atoms with E-state index in [1.807, 2.05) is 18.2 Å². The van der Waals surface area contributed by atoms with Crippen LogP contribution >= 0.6 is 0 Å². The van der Waals surface area contributed by atoms with E-state index in [4.69, 9.17) is 0 Å². The lowest BCUT2D eigenvalue weighted by molar-refractivity contribution is 0.0748. The van der Waals surface area contributed by atoms with Crippen molar-refractivity contribution in [3.8, 4) is 0 Å². The van der Waals surface area contributed by atoms with Crippen molar-refractivity contribution >= 4 is 22.8 Å². The lowest BCUT2D eigenvalue weighted by Crippen LogP contribution is -2.49. The number of amides is 1. The third-order valence-corrected chi connectivity index (χ3v) is 5.59. The third kappa shape index (κ3) is 3.00. The van der Waals surface area contributed by atoms with Crippen molar-refractivity contribution in [1.29, 1.82) is 0 Å². The molecule has 0 atom stereocenters. The highest BCUT2D eigenvalue weighted by Crippen LogP contribution is 2.17. The van der Waals surface area contributed by atoms with Crippen molar-refractivity contribution in [2.75, 3.05) is 31.1 Å². The van der Waals surface area contributed by atoms with Gasteiger partial charge < -0.3 is 9.80 Å².